The van der Waals surface area contributed by atoms with Crippen LogP contribution in [0.3, 0.4) is 0 Å². The number of benzene rings is 2. The number of methoxy groups -OCH3 is 1. The SMILES string of the molecule is COc1cc(N)ccc1S(=O)(=O)Cc1cc(F)ccc1C. The van der Waals surface area contributed by atoms with Crippen LogP contribution in [0.5, 0.6) is 5.75 Å². The van der Waals surface area contributed by atoms with E-state index in [1.54, 1.807) is 13.0 Å². The Kier molecular flexibility index (Phi) is 4.18. The summed E-state index contributed by atoms with van der Waals surface area (Å²) >= 11 is 0. The zero-order valence-corrected chi connectivity index (χ0v) is 12.6. The molecule has 2 N–H and O–H groups in total. The molecule has 0 saturated heterocycles. The Morgan fingerprint density at radius 2 is 1.90 bits per heavy atom. The first-order valence-corrected chi connectivity index (χ1v) is 7.90. The molecule has 0 aromatic heterocycles. The summed E-state index contributed by atoms with van der Waals surface area (Å²) in [7, 11) is -2.28. The van der Waals surface area contributed by atoms with Gasteiger partial charge in [-0.05, 0) is 42.3 Å². The van der Waals surface area contributed by atoms with Gasteiger partial charge in [0.1, 0.15) is 16.5 Å². The monoisotopic (exact) mass is 309 g/mol. The van der Waals surface area contributed by atoms with Crippen LogP contribution in [0.1, 0.15) is 11.1 Å². The Morgan fingerprint density at radius 3 is 2.57 bits per heavy atom. The fourth-order valence-electron chi connectivity index (χ4n) is 2.02. The van der Waals surface area contributed by atoms with Gasteiger partial charge in [-0.2, -0.15) is 0 Å². The molecule has 112 valence electrons. The average Bonchev–Trinajstić information content (AvgIpc) is 2.42. The molecule has 0 radical (unpaired) electrons. The van der Waals surface area contributed by atoms with Crippen molar-refractivity contribution in [3.8, 4) is 5.75 Å². The van der Waals surface area contributed by atoms with Gasteiger partial charge in [0.15, 0.2) is 9.84 Å². The lowest BCUT2D eigenvalue weighted by molar-refractivity contribution is 0.403. The van der Waals surface area contributed by atoms with Crippen molar-refractivity contribution in [2.45, 2.75) is 17.6 Å². The lowest BCUT2D eigenvalue weighted by atomic mass is 10.1. The van der Waals surface area contributed by atoms with Gasteiger partial charge in [-0.1, -0.05) is 6.07 Å². The molecule has 0 bridgehead atoms. The maximum Gasteiger partial charge on any atom is 0.186 e. The molecular weight excluding hydrogens is 293 g/mol. The molecular formula is C15H16FNO3S. The lowest BCUT2D eigenvalue weighted by Crippen LogP contribution is -2.08. The molecule has 6 heteroatoms. The van der Waals surface area contributed by atoms with E-state index in [-0.39, 0.29) is 16.4 Å². The third-order valence-electron chi connectivity index (χ3n) is 3.18. The number of ether oxygens (including phenoxy) is 1. The summed E-state index contributed by atoms with van der Waals surface area (Å²) < 4.78 is 43.4. The van der Waals surface area contributed by atoms with E-state index in [0.29, 0.717) is 11.3 Å². The molecule has 21 heavy (non-hydrogen) atoms. The molecule has 0 atom stereocenters. The Bertz CT molecular complexity index is 772. The van der Waals surface area contributed by atoms with Crippen molar-refractivity contribution in [1.82, 2.24) is 0 Å². The minimum Gasteiger partial charge on any atom is -0.495 e. The van der Waals surface area contributed by atoms with Crippen molar-refractivity contribution >= 4 is 15.5 Å². The van der Waals surface area contributed by atoms with Crippen molar-refractivity contribution in [3.63, 3.8) is 0 Å². The minimum absolute atomic E-state index is 0.0443. The van der Waals surface area contributed by atoms with E-state index in [9.17, 15) is 12.8 Å². The lowest BCUT2D eigenvalue weighted by Gasteiger charge is -2.11. The first kappa shape index (κ1) is 15.3. The predicted octanol–water partition coefficient (Wildman–Crippen LogP) is 2.70. The van der Waals surface area contributed by atoms with Crippen LogP contribution in [-0.2, 0) is 15.6 Å². The van der Waals surface area contributed by atoms with Gasteiger partial charge < -0.3 is 10.5 Å². The minimum atomic E-state index is -3.66. The van der Waals surface area contributed by atoms with Crippen LogP contribution in [0.2, 0.25) is 0 Å². The highest BCUT2D eigenvalue weighted by Crippen LogP contribution is 2.29. The van der Waals surface area contributed by atoms with Gasteiger partial charge >= 0.3 is 0 Å². The van der Waals surface area contributed by atoms with E-state index >= 15 is 0 Å². The van der Waals surface area contributed by atoms with Crippen LogP contribution in [0.15, 0.2) is 41.3 Å². The molecule has 0 aliphatic carbocycles. The van der Waals surface area contributed by atoms with Crippen LogP contribution in [0.4, 0.5) is 10.1 Å². The first-order chi connectivity index (χ1) is 9.83. The smallest absolute Gasteiger partial charge is 0.186 e. The molecule has 0 fully saturated rings. The van der Waals surface area contributed by atoms with E-state index in [1.807, 2.05) is 0 Å². The van der Waals surface area contributed by atoms with Crippen molar-refractivity contribution in [3.05, 3.63) is 53.3 Å². The third-order valence-corrected chi connectivity index (χ3v) is 4.88. The van der Waals surface area contributed by atoms with E-state index in [1.165, 1.54) is 37.4 Å². The topological polar surface area (TPSA) is 69.4 Å². The summed E-state index contributed by atoms with van der Waals surface area (Å²) in [5, 5.41) is 0. The van der Waals surface area contributed by atoms with Crippen LogP contribution < -0.4 is 10.5 Å². The van der Waals surface area contributed by atoms with Gasteiger partial charge in [-0.15, -0.1) is 0 Å². The fraction of sp³-hybridized carbons (Fsp3) is 0.200. The van der Waals surface area contributed by atoms with E-state index in [2.05, 4.69) is 0 Å². The quantitative estimate of drug-likeness (QED) is 0.882. The Labute approximate surface area is 123 Å². The highest BCUT2D eigenvalue weighted by atomic mass is 32.2. The number of rotatable bonds is 4. The number of aryl methyl sites for hydroxylation is 1. The highest BCUT2D eigenvalue weighted by molar-refractivity contribution is 7.90. The number of nitrogens with two attached hydrogens (primary N) is 1. The highest BCUT2D eigenvalue weighted by Gasteiger charge is 2.21. The maximum atomic E-state index is 13.3. The normalized spacial score (nSPS) is 11.4. The number of nitrogen functional groups attached to an aromatic ring is 1. The second kappa shape index (κ2) is 5.73. The van der Waals surface area contributed by atoms with Gasteiger partial charge in [-0.25, -0.2) is 12.8 Å². The number of anilines is 1. The molecule has 0 saturated carbocycles. The average molecular weight is 309 g/mol. The van der Waals surface area contributed by atoms with Gasteiger partial charge in [0, 0.05) is 11.8 Å². The predicted molar refractivity (Wildman–Crippen MR) is 79.4 cm³/mol. The zero-order valence-electron chi connectivity index (χ0n) is 11.8. The van der Waals surface area contributed by atoms with E-state index in [4.69, 9.17) is 10.5 Å². The molecule has 2 rings (SSSR count). The molecule has 0 aliphatic rings. The summed E-state index contributed by atoms with van der Waals surface area (Å²) in [4.78, 5) is 0.0443. The first-order valence-electron chi connectivity index (χ1n) is 6.25. The number of hydrogen-bond acceptors (Lipinski definition) is 4. The van der Waals surface area contributed by atoms with E-state index < -0.39 is 15.7 Å². The molecule has 0 spiro atoms. The molecule has 2 aromatic carbocycles. The van der Waals surface area contributed by atoms with E-state index in [0.717, 1.165) is 5.56 Å². The number of hydrogen-bond donors (Lipinski definition) is 1. The number of sulfone groups is 1. The van der Waals surface area contributed by atoms with Crippen molar-refractivity contribution in [2.24, 2.45) is 0 Å². The molecule has 0 unspecified atom stereocenters. The van der Waals surface area contributed by atoms with Crippen molar-refractivity contribution in [1.29, 1.82) is 0 Å². The van der Waals surface area contributed by atoms with Gasteiger partial charge in [0.2, 0.25) is 0 Å². The summed E-state index contributed by atoms with van der Waals surface area (Å²) in [5.74, 6) is -0.573. The van der Waals surface area contributed by atoms with Crippen molar-refractivity contribution < 1.29 is 17.5 Å². The van der Waals surface area contributed by atoms with Crippen LogP contribution in [0, 0.1) is 12.7 Å². The molecule has 0 aliphatic heterocycles. The Morgan fingerprint density at radius 1 is 1.19 bits per heavy atom. The Balaban J connectivity index is 2.46. The standard InChI is InChI=1S/C15H16FNO3S/c1-10-3-4-12(16)7-11(10)9-21(18,19)15-6-5-13(17)8-14(15)20-2/h3-8H,9,17H2,1-2H3. The Hall–Kier alpha value is -2.08. The summed E-state index contributed by atoms with van der Waals surface area (Å²) in [6, 6.07) is 8.43. The number of halogens is 1. The molecule has 2 aromatic rings. The zero-order chi connectivity index (χ0) is 15.6. The molecule has 4 nitrogen and oxygen atoms in total. The second-order valence-corrected chi connectivity index (χ2v) is 6.70. The third kappa shape index (κ3) is 3.33. The maximum absolute atomic E-state index is 13.3. The van der Waals surface area contributed by atoms with Gasteiger partial charge in [0.25, 0.3) is 0 Å². The fourth-order valence-corrected chi connectivity index (χ4v) is 3.62. The van der Waals surface area contributed by atoms with Crippen LogP contribution in [-0.4, -0.2) is 15.5 Å². The summed E-state index contributed by atoms with van der Waals surface area (Å²) in [6.45, 7) is 1.74. The van der Waals surface area contributed by atoms with Crippen LogP contribution >= 0.6 is 0 Å². The second-order valence-electron chi connectivity index (χ2n) is 4.74. The summed E-state index contributed by atoms with van der Waals surface area (Å²) in [5.41, 5.74) is 7.17. The van der Waals surface area contributed by atoms with Gasteiger partial charge in [-0.3, -0.25) is 0 Å². The molecule has 0 heterocycles. The molecule has 0 amide bonds. The largest absolute Gasteiger partial charge is 0.495 e. The van der Waals surface area contributed by atoms with Crippen molar-refractivity contribution in [2.75, 3.05) is 12.8 Å². The summed E-state index contributed by atoms with van der Waals surface area (Å²) in [6.07, 6.45) is 0. The van der Waals surface area contributed by atoms with Gasteiger partial charge in [0.05, 0.1) is 12.9 Å². The van der Waals surface area contributed by atoms with Crippen LogP contribution in [0.25, 0.3) is 0 Å².